The van der Waals surface area contributed by atoms with Gasteiger partial charge >= 0.3 is 6.18 Å². The van der Waals surface area contributed by atoms with Crippen molar-refractivity contribution in [2.75, 3.05) is 0 Å². The SMILES string of the molecule is C[C@H]1C[C@@H](NC(=O)c2cncn2-c2cccc(-c3ccccc3C(F)(F)F)c2)CC(C)(C)C1. The molecule has 174 valence electrons. The van der Waals surface area contributed by atoms with Crippen LogP contribution in [0.4, 0.5) is 13.2 Å². The fourth-order valence-corrected chi connectivity index (χ4v) is 5.19. The Hall–Kier alpha value is -3.09. The third kappa shape index (κ3) is 5.13. The summed E-state index contributed by atoms with van der Waals surface area (Å²) in [5.41, 5.74) is 0.909. The van der Waals surface area contributed by atoms with Crippen LogP contribution >= 0.6 is 0 Å². The molecule has 1 heterocycles. The summed E-state index contributed by atoms with van der Waals surface area (Å²) in [4.78, 5) is 17.2. The first-order chi connectivity index (χ1) is 15.5. The average molecular weight is 456 g/mol. The summed E-state index contributed by atoms with van der Waals surface area (Å²) in [7, 11) is 0. The first-order valence-corrected chi connectivity index (χ1v) is 11.1. The number of imidazole rings is 1. The van der Waals surface area contributed by atoms with Gasteiger partial charge in [0.05, 0.1) is 18.1 Å². The van der Waals surface area contributed by atoms with E-state index in [0.29, 0.717) is 22.9 Å². The van der Waals surface area contributed by atoms with Crippen LogP contribution in [-0.2, 0) is 6.18 Å². The topological polar surface area (TPSA) is 46.9 Å². The zero-order valence-electron chi connectivity index (χ0n) is 19.0. The fourth-order valence-electron chi connectivity index (χ4n) is 5.19. The highest BCUT2D eigenvalue weighted by Crippen LogP contribution is 2.39. The Labute approximate surface area is 191 Å². The Morgan fingerprint density at radius 1 is 1.12 bits per heavy atom. The van der Waals surface area contributed by atoms with Crippen molar-refractivity contribution in [2.24, 2.45) is 11.3 Å². The molecular weight excluding hydrogens is 427 g/mol. The number of alkyl halides is 3. The number of amides is 1. The van der Waals surface area contributed by atoms with E-state index in [-0.39, 0.29) is 22.9 Å². The number of nitrogens with one attached hydrogen (secondary N) is 1. The molecule has 1 N–H and O–H groups in total. The molecule has 0 bridgehead atoms. The van der Waals surface area contributed by atoms with Crippen molar-refractivity contribution in [3.8, 4) is 16.8 Å². The third-order valence-electron chi connectivity index (χ3n) is 6.26. The van der Waals surface area contributed by atoms with Gasteiger partial charge in [0.2, 0.25) is 0 Å². The molecule has 1 saturated carbocycles. The maximum absolute atomic E-state index is 13.5. The Morgan fingerprint density at radius 2 is 1.88 bits per heavy atom. The molecule has 3 aromatic rings. The van der Waals surface area contributed by atoms with Gasteiger partial charge < -0.3 is 5.32 Å². The second kappa shape index (κ2) is 8.69. The lowest BCUT2D eigenvalue weighted by molar-refractivity contribution is -0.137. The Morgan fingerprint density at radius 3 is 2.61 bits per heavy atom. The number of nitrogens with zero attached hydrogens (tertiary/aromatic N) is 2. The fraction of sp³-hybridized carbons (Fsp3) is 0.385. The number of carbonyl (C=O) groups is 1. The van der Waals surface area contributed by atoms with Crippen molar-refractivity contribution in [3.05, 3.63) is 72.3 Å². The van der Waals surface area contributed by atoms with E-state index < -0.39 is 11.7 Å². The van der Waals surface area contributed by atoms with Crippen LogP contribution in [0.2, 0.25) is 0 Å². The largest absolute Gasteiger partial charge is 0.417 e. The minimum absolute atomic E-state index is 0.0737. The Bertz CT molecular complexity index is 1150. The van der Waals surface area contributed by atoms with Crippen LogP contribution < -0.4 is 5.32 Å². The third-order valence-corrected chi connectivity index (χ3v) is 6.26. The normalized spacial score (nSPS) is 20.4. The van der Waals surface area contributed by atoms with E-state index in [1.807, 2.05) is 0 Å². The first-order valence-electron chi connectivity index (χ1n) is 11.1. The van der Waals surface area contributed by atoms with Crippen LogP contribution in [0.15, 0.2) is 61.1 Å². The van der Waals surface area contributed by atoms with Gasteiger partial charge in [-0.1, -0.05) is 51.1 Å². The van der Waals surface area contributed by atoms with Gasteiger partial charge in [0.25, 0.3) is 5.91 Å². The first kappa shape index (κ1) is 23.1. The molecule has 1 aliphatic rings. The summed E-state index contributed by atoms with van der Waals surface area (Å²) in [5.74, 6) is 0.290. The van der Waals surface area contributed by atoms with Gasteiger partial charge in [-0.3, -0.25) is 9.36 Å². The van der Waals surface area contributed by atoms with Gasteiger partial charge in [-0.15, -0.1) is 0 Å². The molecule has 33 heavy (non-hydrogen) atoms. The molecule has 1 aromatic heterocycles. The molecule has 0 aliphatic heterocycles. The highest BCUT2D eigenvalue weighted by molar-refractivity contribution is 5.93. The van der Waals surface area contributed by atoms with Crippen molar-refractivity contribution in [3.63, 3.8) is 0 Å². The lowest BCUT2D eigenvalue weighted by Crippen LogP contribution is -2.43. The number of carbonyl (C=O) groups excluding carboxylic acids is 1. The van der Waals surface area contributed by atoms with E-state index in [1.165, 1.54) is 24.7 Å². The van der Waals surface area contributed by atoms with Crippen LogP contribution in [-0.4, -0.2) is 21.5 Å². The van der Waals surface area contributed by atoms with Gasteiger partial charge in [0, 0.05) is 11.7 Å². The zero-order valence-corrected chi connectivity index (χ0v) is 19.0. The van der Waals surface area contributed by atoms with Crippen LogP contribution in [0, 0.1) is 11.3 Å². The molecule has 0 radical (unpaired) electrons. The minimum Gasteiger partial charge on any atom is -0.348 e. The van der Waals surface area contributed by atoms with Crippen molar-refractivity contribution in [1.29, 1.82) is 0 Å². The number of benzene rings is 2. The van der Waals surface area contributed by atoms with E-state index >= 15 is 0 Å². The van der Waals surface area contributed by atoms with E-state index in [1.54, 1.807) is 34.9 Å². The van der Waals surface area contributed by atoms with Crippen molar-refractivity contribution < 1.29 is 18.0 Å². The van der Waals surface area contributed by atoms with E-state index in [2.05, 4.69) is 31.1 Å². The predicted octanol–water partition coefficient (Wildman–Crippen LogP) is 6.50. The van der Waals surface area contributed by atoms with E-state index in [4.69, 9.17) is 0 Å². The van der Waals surface area contributed by atoms with Crippen molar-refractivity contribution in [1.82, 2.24) is 14.9 Å². The van der Waals surface area contributed by atoms with Crippen molar-refractivity contribution >= 4 is 5.91 Å². The summed E-state index contributed by atoms with van der Waals surface area (Å²) in [6.45, 7) is 6.64. The molecule has 0 saturated heterocycles. The predicted molar refractivity (Wildman–Crippen MR) is 122 cm³/mol. The molecular formula is C26H28F3N3O. The molecule has 0 spiro atoms. The summed E-state index contributed by atoms with van der Waals surface area (Å²) >= 11 is 0. The quantitative estimate of drug-likeness (QED) is 0.488. The maximum atomic E-state index is 13.5. The lowest BCUT2D eigenvalue weighted by atomic mass is 9.70. The number of aromatic nitrogens is 2. The maximum Gasteiger partial charge on any atom is 0.417 e. The molecule has 4 rings (SSSR count). The zero-order chi connectivity index (χ0) is 23.8. The molecule has 2 aromatic carbocycles. The number of hydrogen-bond acceptors (Lipinski definition) is 2. The molecule has 4 nitrogen and oxygen atoms in total. The van der Waals surface area contributed by atoms with Crippen LogP contribution in [0.5, 0.6) is 0 Å². The van der Waals surface area contributed by atoms with Crippen molar-refractivity contribution in [2.45, 2.75) is 52.3 Å². The van der Waals surface area contributed by atoms with Crippen LogP contribution in [0.25, 0.3) is 16.8 Å². The Balaban J connectivity index is 1.62. The van der Waals surface area contributed by atoms with Crippen LogP contribution in [0.1, 0.15) is 56.1 Å². The van der Waals surface area contributed by atoms with Gasteiger partial charge in [-0.2, -0.15) is 13.2 Å². The summed E-state index contributed by atoms with van der Waals surface area (Å²) in [5, 5.41) is 3.14. The number of halogens is 3. The van der Waals surface area contributed by atoms with Gasteiger partial charge in [0.15, 0.2) is 0 Å². The molecule has 0 unspecified atom stereocenters. The highest BCUT2D eigenvalue weighted by atomic mass is 19.4. The standard InChI is InChI=1S/C26H28F3N3O/c1-17-11-19(14-25(2,3)13-17)31-24(33)23-15-30-16-32(23)20-8-6-7-18(12-20)21-9-4-5-10-22(21)26(27,28)29/h4-10,12,15-17,19H,11,13-14H2,1-3H3,(H,31,33)/t17-,19+/m0/s1. The summed E-state index contributed by atoms with van der Waals surface area (Å²) in [6, 6.07) is 12.3. The average Bonchev–Trinajstić information content (AvgIpc) is 3.22. The van der Waals surface area contributed by atoms with Gasteiger partial charge in [-0.25, -0.2) is 4.98 Å². The smallest absolute Gasteiger partial charge is 0.348 e. The molecule has 7 heteroatoms. The second-order valence-corrected chi connectivity index (χ2v) is 9.83. The highest BCUT2D eigenvalue weighted by Gasteiger charge is 2.34. The molecule has 1 amide bonds. The summed E-state index contributed by atoms with van der Waals surface area (Å²) < 4.78 is 42.2. The van der Waals surface area contributed by atoms with Gasteiger partial charge in [0.1, 0.15) is 5.69 Å². The Kier molecular flexibility index (Phi) is 6.08. The molecule has 1 fully saturated rings. The van der Waals surface area contributed by atoms with E-state index in [0.717, 1.165) is 25.3 Å². The number of rotatable bonds is 4. The molecule has 1 aliphatic carbocycles. The second-order valence-electron chi connectivity index (χ2n) is 9.83. The monoisotopic (exact) mass is 455 g/mol. The van der Waals surface area contributed by atoms with Gasteiger partial charge in [-0.05, 0) is 59.9 Å². The number of hydrogen-bond donors (Lipinski definition) is 1. The van der Waals surface area contributed by atoms with Crippen LogP contribution in [0.3, 0.4) is 0 Å². The lowest BCUT2D eigenvalue weighted by Gasteiger charge is -2.39. The molecule has 2 atom stereocenters. The minimum atomic E-state index is -4.46. The summed E-state index contributed by atoms with van der Waals surface area (Å²) in [6.07, 6.45) is 1.50. The van der Waals surface area contributed by atoms with E-state index in [9.17, 15) is 18.0 Å².